The highest BCUT2D eigenvalue weighted by molar-refractivity contribution is 6.24. The quantitative estimate of drug-likeness (QED) is 0.394. The summed E-state index contributed by atoms with van der Waals surface area (Å²) in [5.41, 5.74) is 1.56. The highest BCUT2D eigenvalue weighted by Crippen LogP contribution is 2.53. The molecule has 3 aliphatic heterocycles. The molecule has 2 fully saturated rings. The summed E-state index contributed by atoms with van der Waals surface area (Å²) in [5.74, 6) is -2.75. The van der Waals surface area contributed by atoms with Crippen molar-refractivity contribution in [3.05, 3.63) is 69.3 Å². The van der Waals surface area contributed by atoms with Crippen LogP contribution in [0.2, 0.25) is 0 Å². The van der Waals surface area contributed by atoms with E-state index in [9.17, 15) is 24.5 Å². The van der Waals surface area contributed by atoms with E-state index in [1.54, 1.807) is 38.9 Å². The normalized spacial score (nSPS) is 25.3. The third kappa shape index (κ3) is 2.99. The molecular weight excluding hydrogens is 436 g/mol. The number of nitro groups is 1. The zero-order valence-electron chi connectivity index (χ0n) is 19.3. The van der Waals surface area contributed by atoms with E-state index >= 15 is 0 Å². The molecule has 9 nitrogen and oxygen atoms in total. The van der Waals surface area contributed by atoms with Crippen molar-refractivity contribution in [1.29, 1.82) is 0 Å². The first-order valence-corrected chi connectivity index (χ1v) is 11.1. The van der Waals surface area contributed by atoms with Gasteiger partial charge in [-0.15, -0.1) is 0 Å². The summed E-state index contributed by atoms with van der Waals surface area (Å²) in [6.07, 6.45) is 1.67. The van der Waals surface area contributed by atoms with Crippen LogP contribution in [0.15, 0.2) is 47.6 Å². The van der Waals surface area contributed by atoms with Crippen LogP contribution in [0.4, 0.5) is 11.4 Å². The minimum Gasteiger partial charge on any atom is -0.297 e. The van der Waals surface area contributed by atoms with Crippen LogP contribution >= 0.6 is 0 Å². The predicted octanol–water partition coefficient (Wildman–Crippen LogP) is 3.40. The van der Waals surface area contributed by atoms with E-state index in [0.29, 0.717) is 11.3 Å². The molecule has 174 valence electrons. The number of hydrazone groups is 1. The number of aryl methyl sites for hydroxylation is 1. The minimum absolute atomic E-state index is 0.122. The number of nitrogens with zero attached hydrogens (tertiary/aromatic N) is 4. The van der Waals surface area contributed by atoms with Crippen molar-refractivity contribution < 1.29 is 19.3 Å². The minimum atomic E-state index is -0.901. The van der Waals surface area contributed by atoms with Gasteiger partial charge in [-0.05, 0) is 29.7 Å². The van der Waals surface area contributed by atoms with Crippen LogP contribution in [-0.2, 0) is 14.4 Å². The molecule has 3 aliphatic rings. The highest BCUT2D eigenvalue weighted by Gasteiger charge is 2.66. The van der Waals surface area contributed by atoms with Gasteiger partial charge in [0.2, 0.25) is 11.8 Å². The van der Waals surface area contributed by atoms with Gasteiger partial charge in [0.05, 0.1) is 34.7 Å². The third-order valence-corrected chi connectivity index (χ3v) is 6.93. The van der Waals surface area contributed by atoms with Gasteiger partial charge in [-0.3, -0.25) is 29.5 Å². The first kappa shape index (κ1) is 21.9. The number of amides is 2. The average molecular weight is 460 g/mol. The van der Waals surface area contributed by atoms with E-state index in [-0.39, 0.29) is 11.5 Å². The maximum atomic E-state index is 13.8. The molecule has 9 heteroatoms. The molecule has 0 radical (unpaired) electrons. The summed E-state index contributed by atoms with van der Waals surface area (Å²) in [7, 11) is 0. The summed E-state index contributed by atoms with van der Waals surface area (Å²) < 4.78 is 0. The molecule has 0 saturated carbocycles. The number of benzene rings is 2. The number of carbonyl (C=O) groups is 3. The first-order valence-electron chi connectivity index (χ1n) is 11.1. The molecule has 0 aliphatic carbocycles. The van der Waals surface area contributed by atoms with Gasteiger partial charge in [-0.25, -0.2) is 4.90 Å². The van der Waals surface area contributed by atoms with Gasteiger partial charge in [-0.2, -0.15) is 5.10 Å². The Morgan fingerprint density at radius 1 is 1.06 bits per heavy atom. The van der Waals surface area contributed by atoms with Crippen molar-refractivity contribution >= 4 is 35.2 Å². The fraction of sp³-hybridized carbons (Fsp3) is 0.360. The Kier molecular flexibility index (Phi) is 4.72. The zero-order valence-corrected chi connectivity index (χ0v) is 19.3. The third-order valence-electron chi connectivity index (χ3n) is 6.93. The maximum absolute atomic E-state index is 13.8. The van der Waals surface area contributed by atoms with E-state index < -0.39 is 46.1 Å². The number of ketones is 1. The summed E-state index contributed by atoms with van der Waals surface area (Å²) in [4.78, 5) is 53.0. The Balaban J connectivity index is 1.65. The van der Waals surface area contributed by atoms with E-state index in [1.165, 1.54) is 18.2 Å². The van der Waals surface area contributed by atoms with Crippen molar-refractivity contribution in [2.75, 3.05) is 4.90 Å². The average Bonchev–Trinajstić information content (AvgIpc) is 3.25. The largest absolute Gasteiger partial charge is 0.297 e. The van der Waals surface area contributed by atoms with E-state index in [4.69, 9.17) is 0 Å². The van der Waals surface area contributed by atoms with Crippen LogP contribution in [0.25, 0.3) is 0 Å². The van der Waals surface area contributed by atoms with Gasteiger partial charge in [-0.1, -0.05) is 45.0 Å². The summed E-state index contributed by atoms with van der Waals surface area (Å²) in [6, 6.07) is 10.1. The number of anilines is 1. The molecule has 0 spiro atoms. The molecule has 2 amide bonds. The number of carbonyl (C=O) groups excluding carboxylic acids is 3. The highest BCUT2D eigenvalue weighted by atomic mass is 16.6. The molecule has 5 rings (SSSR count). The lowest BCUT2D eigenvalue weighted by molar-refractivity contribution is -0.384. The number of fused-ring (bicyclic) bond motifs is 5. The standard InChI is InChI=1S/C25H24N4O5/c1-13-11-15(29(33)34)9-10-17(13)27-23(31)18-19(24(27)32)21(22(30)25(2,3)4)28-20(18)16-8-6-5-7-14(16)12-26-28/h5-12,18-21H,1-4H3/t18-,19-,20-,21+/m1/s1. The molecular formula is C25H24N4O5. The van der Waals surface area contributed by atoms with Gasteiger partial charge >= 0.3 is 0 Å². The molecule has 0 N–H and O–H groups in total. The van der Waals surface area contributed by atoms with Crippen molar-refractivity contribution in [3.8, 4) is 0 Å². The monoisotopic (exact) mass is 460 g/mol. The SMILES string of the molecule is Cc1cc([N+](=O)[O-])ccc1N1C(=O)[C@@H]2[C@@H](C1=O)[C@H]1c3ccccc3C=NN1[C@@H]2C(=O)C(C)(C)C. The van der Waals surface area contributed by atoms with Crippen LogP contribution in [0.3, 0.4) is 0 Å². The number of hydrogen-bond donors (Lipinski definition) is 0. The molecule has 2 aromatic rings. The van der Waals surface area contributed by atoms with Crippen LogP contribution < -0.4 is 4.90 Å². The van der Waals surface area contributed by atoms with Crippen molar-refractivity contribution in [2.24, 2.45) is 22.4 Å². The van der Waals surface area contributed by atoms with Crippen LogP contribution in [-0.4, -0.2) is 39.8 Å². The lowest BCUT2D eigenvalue weighted by atomic mass is 9.79. The summed E-state index contributed by atoms with van der Waals surface area (Å²) in [6.45, 7) is 7.00. The molecule has 34 heavy (non-hydrogen) atoms. The van der Waals surface area contributed by atoms with E-state index in [1.807, 2.05) is 24.3 Å². The van der Waals surface area contributed by atoms with Crippen molar-refractivity contribution in [1.82, 2.24) is 5.01 Å². The van der Waals surface area contributed by atoms with Gasteiger partial charge in [0, 0.05) is 17.5 Å². The molecule has 4 atom stereocenters. The second-order valence-corrected chi connectivity index (χ2v) is 10.0. The fourth-order valence-electron chi connectivity index (χ4n) is 5.35. The number of imide groups is 1. The molecule has 0 unspecified atom stereocenters. The van der Waals surface area contributed by atoms with Gasteiger partial charge in [0.25, 0.3) is 5.69 Å². The number of nitro benzene ring substituents is 1. The first-order chi connectivity index (χ1) is 16.0. The smallest absolute Gasteiger partial charge is 0.269 e. The Morgan fingerprint density at radius 2 is 1.74 bits per heavy atom. The lowest BCUT2D eigenvalue weighted by Crippen LogP contribution is -2.48. The van der Waals surface area contributed by atoms with Crippen molar-refractivity contribution in [2.45, 2.75) is 39.8 Å². The van der Waals surface area contributed by atoms with Gasteiger partial charge < -0.3 is 0 Å². The van der Waals surface area contributed by atoms with Crippen LogP contribution in [0.1, 0.15) is 43.5 Å². The Morgan fingerprint density at radius 3 is 2.38 bits per heavy atom. The van der Waals surface area contributed by atoms with E-state index in [2.05, 4.69) is 5.10 Å². The lowest BCUT2D eigenvalue weighted by Gasteiger charge is -2.35. The van der Waals surface area contributed by atoms with Gasteiger partial charge in [0.1, 0.15) is 6.04 Å². The fourth-order valence-corrected chi connectivity index (χ4v) is 5.35. The number of hydrogen-bond acceptors (Lipinski definition) is 7. The Labute approximate surface area is 196 Å². The van der Waals surface area contributed by atoms with Crippen molar-refractivity contribution in [3.63, 3.8) is 0 Å². The second-order valence-electron chi connectivity index (χ2n) is 10.0. The summed E-state index contributed by atoms with van der Waals surface area (Å²) in [5, 5.41) is 17.3. The number of Topliss-reactive ketones (excluding diaryl/α,β-unsaturated/α-hetero) is 1. The molecule has 2 aromatic carbocycles. The summed E-state index contributed by atoms with van der Waals surface area (Å²) >= 11 is 0. The zero-order chi connectivity index (χ0) is 24.5. The van der Waals surface area contributed by atoms with Gasteiger partial charge in [0.15, 0.2) is 5.78 Å². The molecule has 3 heterocycles. The Hall–Kier alpha value is -3.88. The second kappa shape index (κ2) is 7.31. The number of non-ortho nitro benzene ring substituents is 1. The van der Waals surface area contributed by atoms with E-state index in [0.717, 1.165) is 16.0 Å². The molecule has 2 saturated heterocycles. The molecule has 0 bridgehead atoms. The predicted molar refractivity (Wildman–Crippen MR) is 124 cm³/mol. The molecule has 0 aromatic heterocycles. The topological polar surface area (TPSA) is 113 Å². The maximum Gasteiger partial charge on any atom is 0.269 e. The number of rotatable bonds is 3. The van der Waals surface area contributed by atoms with Crippen LogP contribution in [0, 0.1) is 34.3 Å². The Bertz CT molecular complexity index is 1290. The van der Waals surface area contributed by atoms with Crippen LogP contribution in [0.5, 0.6) is 0 Å².